The van der Waals surface area contributed by atoms with Gasteiger partial charge in [-0.2, -0.15) is 13.4 Å². The van der Waals surface area contributed by atoms with Crippen molar-refractivity contribution < 1.29 is 30.9 Å². The predicted molar refractivity (Wildman–Crippen MR) is 125 cm³/mol. The van der Waals surface area contributed by atoms with Crippen LogP contribution in [-0.2, 0) is 10.0 Å². The van der Waals surface area contributed by atoms with E-state index in [1.165, 1.54) is 37.7 Å². The minimum absolute atomic E-state index is 0.0706. The van der Waals surface area contributed by atoms with E-state index < -0.39 is 46.4 Å². The lowest BCUT2D eigenvalue weighted by atomic mass is 10.2. The van der Waals surface area contributed by atoms with Crippen molar-refractivity contribution in [2.45, 2.75) is 11.9 Å². The average Bonchev–Trinajstić information content (AvgIpc) is 2.89. The zero-order valence-electron chi connectivity index (χ0n) is 23.6. The van der Waals surface area contributed by atoms with Crippen molar-refractivity contribution in [3.8, 4) is 34.5 Å². The van der Waals surface area contributed by atoms with Crippen molar-refractivity contribution in [3.63, 3.8) is 0 Å². The summed E-state index contributed by atoms with van der Waals surface area (Å²) < 4.78 is 90.4. The van der Waals surface area contributed by atoms with Gasteiger partial charge in [-0.1, -0.05) is 18.2 Å². The molecule has 0 bridgehead atoms. The van der Waals surface area contributed by atoms with E-state index in [1.807, 2.05) is 0 Å². The third-order valence-electron chi connectivity index (χ3n) is 4.39. The summed E-state index contributed by atoms with van der Waals surface area (Å²) in [6.07, 6.45) is 3.78. The highest BCUT2D eigenvalue weighted by Crippen LogP contribution is 2.41. The highest BCUT2D eigenvalue weighted by molar-refractivity contribution is 7.92. The predicted octanol–water partition coefficient (Wildman–Crippen LogP) is 3.85. The van der Waals surface area contributed by atoms with Gasteiger partial charge in [-0.15, -0.1) is 0 Å². The Bertz CT molecular complexity index is 1600. The highest BCUT2D eigenvalue weighted by Gasteiger charge is 2.25. The lowest BCUT2D eigenvalue weighted by molar-refractivity contribution is 0.348. The zero-order chi connectivity index (χ0) is 29.1. The molecular weight excluding hydrogens is 458 g/mol. The number of benzene rings is 1. The molecule has 11 heteroatoms. The molecule has 0 aliphatic carbocycles. The van der Waals surface area contributed by atoms with E-state index in [-0.39, 0.29) is 22.9 Å². The molecular formula is C23H21N5O5S. The van der Waals surface area contributed by atoms with Crippen molar-refractivity contribution in [2.24, 2.45) is 0 Å². The quantitative estimate of drug-likeness (QED) is 0.396. The van der Waals surface area contributed by atoms with E-state index in [1.54, 1.807) is 18.2 Å². The van der Waals surface area contributed by atoms with Crippen molar-refractivity contribution in [1.29, 1.82) is 0 Å². The van der Waals surface area contributed by atoms with Crippen LogP contribution in [0, 0.1) is 6.85 Å². The lowest BCUT2D eigenvalue weighted by Gasteiger charge is -2.17. The molecule has 0 radical (unpaired) electrons. The molecule has 0 atom stereocenters. The number of nitrogens with zero attached hydrogens (tertiary/aromatic N) is 4. The van der Waals surface area contributed by atoms with E-state index in [0.29, 0.717) is 5.56 Å². The maximum Gasteiger partial charge on any atom is 0.280 e. The Morgan fingerprint density at radius 1 is 0.971 bits per heavy atom. The Kier molecular flexibility index (Phi) is 4.68. The molecule has 0 amide bonds. The van der Waals surface area contributed by atoms with Crippen LogP contribution in [0.15, 0.2) is 72.1 Å². The number of aromatic nitrogens is 4. The third-order valence-corrected chi connectivity index (χ3v) is 5.65. The molecule has 4 aromatic rings. The van der Waals surface area contributed by atoms with Crippen LogP contribution < -0.4 is 18.9 Å². The Morgan fingerprint density at radius 3 is 2.44 bits per heavy atom. The first-order chi connectivity index (χ1) is 18.8. The second-order valence-electron chi connectivity index (χ2n) is 6.61. The van der Waals surface area contributed by atoms with E-state index in [4.69, 9.17) is 22.4 Å². The van der Waals surface area contributed by atoms with Gasteiger partial charge in [-0.05, 0) is 42.7 Å². The van der Waals surface area contributed by atoms with Crippen LogP contribution >= 0.6 is 0 Å². The number of aryl methyl sites for hydroxylation is 1. The summed E-state index contributed by atoms with van der Waals surface area (Å²) in [4.78, 5) is 16.1. The first kappa shape index (κ1) is 16.4. The topological polar surface area (TPSA) is 125 Å². The standard InChI is InChI=1S/C23H21N5O5S/c1-15-8-9-19(25-14-15)34(29,30)28-22-20(33-18-7-5-4-6-17(18)31-2)23(32-3)27-21(26-22)16-10-12-24-13-11-16/h4-14H,1-3H3,(H,26,27,28)/i1D3,3D3. The summed E-state index contributed by atoms with van der Waals surface area (Å²) >= 11 is 0. The third kappa shape index (κ3) is 4.89. The maximum atomic E-state index is 13.3. The van der Waals surface area contributed by atoms with Gasteiger partial charge >= 0.3 is 0 Å². The van der Waals surface area contributed by atoms with Crippen molar-refractivity contribution in [3.05, 3.63) is 72.7 Å². The van der Waals surface area contributed by atoms with Gasteiger partial charge in [-0.25, -0.2) is 9.97 Å². The largest absolute Gasteiger partial charge is 0.493 e. The fraction of sp³-hybridized carbons (Fsp3) is 0.130. The molecule has 4 rings (SSSR count). The molecule has 3 heterocycles. The van der Waals surface area contributed by atoms with Gasteiger partial charge in [0.15, 0.2) is 28.2 Å². The summed E-state index contributed by atoms with van der Waals surface area (Å²) in [5, 5.41) is -0.536. The lowest BCUT2D eigenvalue weighted by Crippen LogP contribution is -2.17. The van der Waals surface area contributed by atoms with E-state index >= 15 is 0 Å². The first-order valence-corrected chi connectivity index (χ1v) is 11.1. The second-order valence-corrected chi connectivity index (χ2v) is 8.24. The van der Waals surface area contributed by atoms with Crippen LogP contribution in [0.1, 0.15) is 13.8 Å². The first-order valence-electron chi connectivity index (χ1n) is 12.6. The summed E-state index contributed by atoms with van der Waals surface area (Å²) in [6.45, 7) is -2.49. The number of sulfonamides is 1. The molecule has 10 nitrogen and oxygen atoms in total. The van der Waals surface area contributed by atoms with E-state index in [2.05, 4.69) is 24.7 Å². The minimum Gasteiger partial charge on any atom is -0.493 e. The number of pyridine rings is 2. The van der Waals surface area contributed by atoms with Crippen molar-refractivity contribution >= 4 is 15.8 Å². The van der Waals surface area contributed by atoms with Gasteiger partial charge in [0.1, 0.15) is 0 Å². The van der Waals surface area contributed by atoms with Crippen molar-refractivity contribution in [2.75, 3.05) is 18.9 Å². The Hall–Kier alpha value is -4.25. The van der Waals surface area contributed by atoms with Crippen LogP contribution in [-0.4, -0.2) is 42.5 Å². The fourth-order valence-corrected chi connectivity index (χ4v) is 3.76. The molecule has 0 saturated carbocycles. The summed E-state index contributed by atoms with van der Waals surface area (Å²) in [6, 6.07) is 11.5. The zero-order valence-corrected chi connectivity index (χ0v) is 18.4. The fourth-order valence-electron chi connectivity index (χ4n) is 2.82. The highest BCUT2D eigenvalue weighted by atomic mass is 32.2. The maximum absolute atomic E-state index is 13.3. The summed E-state index contributed by atoms with van der Waals surface area (Å²) in [7, 11) is -6.15. The Labute approximate surface area is 205 Å². The molecule has 174 valence electrons. The van der Waals surface area contributed by atoms with Gasteiger partial charge in [-0.3, -0.25) is 9.71 Å². The van der Waals surface area contributed by atoms with Crippen LogP contribution in [0.3, 0.4) is 0 Å². The number of hydrogen-bond donors (Lipinski definition) is 1. The summed E-state index contributed by atoms with van der Waals surface area (Å²) in [5.74, 6) is -1.39. The normalized spacial score (nSPS) is 14.4. The van der Waals surface area contributed by atoms with Crippen LogP contribution in [0.5, 0.6) is 23.1 Å². The van der Waals surface area contributed by atoms with Crippen LogP contribution in [0.4, 0.5) is 5.82 Å². The molecule has 0 spiro atoms. The number of hydrogen-bond acceptors (Lipinski definition) is 9. The average molecular weight is 486 g/mol. The molecule has 34 heavy (non-hydrogen) atoms. The molecule has 0 saturated heterocycles. The van der Waals surface area contributed by atoms with Gasteiger partial charge < -0.3 is 14.2 Å². The van der Waals surface area contributed by atoms with Gasteiger partial charge in [0.2, 0.25) is 5.75 Å². The Balaban J connectivity index is 1.89. The SMILES string of the molecule is [2H]C([2H])([2H])Oc1nc(-c2ccncc2)nc(NS(=O)(=O)c2ccc(C([2H])([2H])[2H])cn2)c1Oc1ccccc1OC. The van der Waals surface area contributed by atoms with Gasteiger partial charge in [0.25, 0.3) is 15.9 Å². The van der Waals surface area contributed by atoms with Crippen LogP contribution in [0.2, 0.25) is 0 Å². The number of anilines is 1. The van der Waals surface area contributed by atoms with Crippen molar-refractivity contribution in [1.82, 2.24) is 19.9 Å². The van der Waals surface area contributed by atoms with E-state index in [9.17, 15) is 8.42 Å². The number of para-hydroxylation sites is 2. The van der Waals surface area contributed by atoms with Gasteiger partial charge in [0.05, 0.1) is 18.3 Å². The molecule has 0 fully saturated rings. The molecule has 0 aliphatic rings. The second kappa shape index (κ2) is 9.71. The smallest absolute Gasteiger partial charge is 0.280 e. The molecule has 0 aliphatic heterocycles. The molecule has 3 aromatic heterocycles. The summed E-state index contributed by atoms with van der Waals surface area (Å²) in [5.41, 5.74) is 0.192. The van der Waals surface area contributed by atoms with Crippen LogP contribution in [0.25, 0.3) is 11.4 Å². The molecule has 1 N–H and O–H groups in total. The molecule has 1 aromatic carbocycles. The number of ether oxygens (including phenoxy) is 3. The number of rotatable bonds is 8. The van der Waals surface area contributed by atoms with E-state index in [0.717, 1.165) is 18.3 Å². The number of nitrogens with one attached hydrogen (secondary N) is 1. The monoisotopic (exact) mass is 485 g/mol. The Morgan fingerprint density at radius 2 is 1.76 bits per heavy atom. The molecule has 0 unspecified atom stereocenters. The minimum atomic E-state index is -4.52. The van der Waals surface area contributed by atoms with Gasteiger partial charge in [0, 0.05) is 28.3 Å². The number of methoxy groups -OCH3 is 2.